The molecular weight excluding hydrogens is 463 g/mol. The molecule has 5 nitrogen and oxygen atoms in total. The minimum atomic E-state index is -0.0809. The van der Waals surface area contributed by atoms with E-state index >= 15 is 0 Å². The van der Waals surface area contributed by atoms with E-state index in [1.807, 2.05) is 30.0 Å². The van der Waals surface area contributed by atoms with Gasteiger partial charge in [-0.3, -0.25) is 9.79 Å². The molecule has 0 radical (unpaired) electrons. The molecule has 2 N–H and O–H groups in total. The van der Waals surface area contributed by atoms with Gasteiger partial charge in [0.05, 0.1) is 0 Å². The first-order valence-corrected chi connectivity index (χ1v) is 9.24. The van der Waals surface area contributed by atoms with E-state index in [1.54, 1.807) is 7.05 Å². The molecule has 146 valence electrons. The van der Waals surface area contributed by atoms with Crippen molar-refractivity contribution in [2.24, 2.45) is 4.99 Å². The van der Waals surface area contributed by atoms with E-state index in [1.165, 1.54) is 5.56 Å². The second-order valence-electron chi connectivity index (χ2n) is 7.14. The monoisotopic (exact) mass is 492 g/mol. The number of aliphatic imine (C=N–C) groups is 1. The van der Waals surface area contributed by atoms with Crippen molar-refractivity contribution in [1.29, 1.82) is 0 Å². The third-order valence-electron chi connectivity index (χ3n) is 4.71. The third kappa shape index (κ3) is 6.30. The van der Waals surface area contributed by atoms with Crippen LogP contribution in [-0.2, 0) is 10.2 Å². The Kier molecular flexibility index (Phi) is 9.16. The highest BCUT2D eigenvalue weighted by Gasteiger charge is 2.26. The summed E-state index contributed by atoms with van der Waals surface area (Å²) in [6, 6.07) is 8.21. The van der Waals surface area contributed by atoms with Crippen molar-refractivity contribution >= 4 is 47.4 Å². The Morgan fingerprint density at radius 1 is 1.42 bits per heavy atom. The SMILES string of the molecule is CCC(=O)N1CCC(NC(=NC)NCC(C)(C)c2cccc(Cl)c2)C1.I. The molecule has 1 heterocycles. The van der Waals surface area contributed by atoms with E-state index in [0.717, 1.165) is 37.0 Å². The largest absolute Gasteiger partial charge is 0.356 e. The first kappa shape index (κ1) is 23.0. The average molecular weight is 493 g/mol. The first-order valence-electron chi connectivity index (χ1n) is 8.86. The van der Waals surface area contributed by atoms with Crippen molar-refractivity contribution < 1.29 is 4.79 Å². The van der Waals surface area contributed by atoms with Crippen molar-refractivity contribution in [3.05, 3.63) is 34.9 Å². The molecule has 1 aliphatic rings. The van der Waals surface area contributed by atoms with Crippen LogP contribution in [0.25, 0.3) is 0 Å². The van der Waals surface area contributed by atoms with Crippen molar-refractivity contribution in [3.63, 3.8) is 0 Å². The van der Waals surface area contributed by atoms with E-state index in [-0.39, 0.29) is 41.3 Å². The van der Waals surface area contributed by atoms with Gasteiger partial charge in [0.2, 0.25) is 5.91 Å². The van der Waals surface area contributed by atoms with Crippen LogP contribution in [0, 0.1) is 0 Å². The quantitative estimate of drug-likeness (QED) is 0.376. The third-order valence-corrected chi connectivity index (χ3v) is 4.95. The number of nitrogens with zero attached hydrogens (tertiary/aromatic N) is 2. The fourth-order valence-corrected chi connectivity index (χ4v) is 3.22. The van der Waals surface area contributed by atoms with E-state index in [2.05, 4.69) is 35.5 Å². The van der Waals surface area contributed by atoms with E-state index < -0.39 is 0 Å². The van der Waals surface area contributed by atoms with Crippen LogP contribution in [0.1, 0.15) is 39.2 Å². The zero-order valence-electron chi connectivity index (χ0n) is 16.0. The summed E-state index contributed by atoms with van der Waals surface area (Å²) in [5.74, 6) is 0.986. The predicted octanol–water partition coefficient (Wildman–Crippen LogP) is 3.41. The number of amides is 1. The minimum absolute atomic E-state index is 0. The maximum absolute atomic E-state index is 11.8. The lowest BCUT2D eigenvalue weighted by atomic mass is 9.84. The predicted molar refractivity (Wildman–Crippen MR) is 120 cm³/mol. The van der Waals surface area contributed by atoms with Crippen molar-refractivity contribution in [1.82, 2.24) is 15.5 Å². The minimum Gasteiger partial charge on any atom is -0.356 e. The van der Waals surface area contributed by atoms with Gasteiger partial charge in [-0.15, -0.1) is 24.0 Å². The van der Waals surface area contributed by atoms with Crippen molar-refractivity contribution in [2.45, 2.75) is 45.1 Å². The number of guanidine groups is 1. The van der Waals surface area contributed by atoms with Gasteiger partial charge < -0.3 is 15.5 Å². The molecule has 26 heavy (non-hydrogen) atoms. The molecule has 1 fully saturated rings. The Balaban J connectivity index is 0.00000338. The summed E-state index contributed by atoms with van der Waals surface area (Å²) in [5, 5.41) is 7.58. The van der Waals surface area contributed by atoms with Crippen LogP contribution in [0.15, 0.2) is 29.3 Å². The van der Waals surface area contributed by atoms with E-state index in [0.29, 0.717) is 6.42 Å². The molecular formula is C19H30ClIN4O. The number of benzene rings is 1. The van der Waals surface area contributed by atoms with Crippen LogP contribution in [0.3, 0.4) is 0 Å². The summed E-state index contributed by atoms with van der Waals surface area (Å²) in [6.07, 6.45) is 1.51. The maximum atomic E-state index is 11.8. The number of nitrogens with one attached hydrogen (secondary N) is 2. The molecule has 1 amide bonds. The second-order valence-corrected chi connectivity index (χ2v) is 7.58. The first-order chi connectivity index (χ1) is 11.9. The fourth-order valence-electron chi connectivity index (χ4n) is 3.03. The molecule has 1 unspecified atom stereocenters. The summed E-state index contributed by atoms with van der Waals surface area (Å²) in [7, 11) is 1.77. The number of likely N-dealkylation sites (tertiary alicyclic amines) is 1. The molecule has 1 atom stereocenters. The van der Waals surface area contributed by atoms with Gasteiger partial charge in [-0.1, -0.05) is 44.5 Å². The summed E-state index contributed by atoms with van der Waals surface area (Å²) >= 11 is 6.12. The summed E-state index contributed by atoms with van der Waals surface area (Å²) < 4.78 is 0. The van der Waals surface area contributed by atoms with Crippen LogP contribution >= 0.6 is 35.6 Å². The zero-order valence-corrected chi connectivity index (χ0v) is 19.1. The van der Waals surface area contributed by atoms with Crippen molar-refractivity contribution in [2.75, 3.05) is 26.7 Å². The lowest BCUT2D eigenvalue weighted by molar-refractivity contribution is -0.129. The molecule has 1 aliphatic heterocycles. The lowest BCUT2D eigenvalue weighted by Gasteiger charge is -2.27. The molecule has 1 aromatic rings. The summed E-state index contributed by atoms with van der Waals surface area (Å²) in [4.78, 5) is 18.0. The molecule has 0 spiro atoms. The van der Waals surface area contributed by atoms with Crippen LogP contribution in [0.5, 0.6) is 0 Å². The lowest BCUT2D eigenvalue weighted by Crippen LogP contribution is -2.48. The molecule has 1 saturated heterocycles. The smallest absolute Gasteiger partial charge is 0.222 e. The number of halogens is 2. The Hall–Kier alpha value is -1.02. The van der Waals surface area contributed by atoms with Crippen molar-refractivity contribution in [3.8, 4) is 0 Å². The Bertz CT molecular complexity index is 636. The topological polar surface area (TPSA) is 56.7 Å². The molecule has 0 bridgehead atoms. The highest BCUT2D eigenvalue weighted by molar-refractivity contribution is 14.0. The number of hydrogen-bond donors (Lipinski definition) is 2. The van der Waals surface area contributed by atoms with Gasteiger partial charge in [0.25, 0.3) is 0 Å². The normalized spacial score (nSPS) is 17.7. The molecule has 0 saturated carbocycles. The molecule has 7 heteroatoms. The number of hydrogen-bond acceptors (Lipinski definition) is 2. The van der Waals surface area contributed by atoms with Crippen LogP contribution in [-0.4, -0.2) is 49.5 Å². The molecule has 1 aromatic carbocycles. The van der Waals surface area contributed by atoms with Crippen LogP contribution in [0.2, 0.25) is 5.02 Å². The summed E-state index contributed by atoms with van der Waals surface area (Å²) in [5.41, 5.74) is 1.10. The summed E-state index contributed by atoms with van der Waals surface area (Å²) in [6.45, 7) is 8.55. The highest BCUT2D eigenvalue weighted by atomic mass is 127. The maximum Gasteiger partial charge on any atom is 0.222 e. The molecule has 0 aromatic heterocycles. The van der Waals surface area contributed by atoms with E-state index in [4.69, 9.17) is 11.6 Å². The Morgan fingerprint density at radius 2 is 2.15 bits per heavy atom. The van der Waals surface area contributed by atoms with Gasteiger partial charge in [-0.25, -0.2) is 0 Å². The zero-order chi connectivity index (χ0) is 18.4. The number of carbonyl (C=O) groups is 1. The van der Waals surface area contributed by atoms with Gasteiger partial charge in [-0.2, -0.15) is 0 Å². The second kappa shape index (κ2) is 10.3. The Labute approximate surface area is 179 Å². The number of carbonyl (C=O) groups excluding carboxylic acids is 1. The van der Waals surface area contributed by atoms with Gasteiger partial charge >= 0.3 is 0 Å². The number of rotatable bonds is 5. The van der Waals surface area contributed by atoms with Gasteiger partial charge in [0.15, 0.2) is 5.96 Å². The van der Waals surface area contributed by atoms with Gasteiger partial charge in [-0.05, 0) is 24.1 Å². The van der Waals surface area contributed by atoms with Gasteiger partial charge in [0.1, 0.15) is 0 Å². The van der Waals surface area contributed by atoms with Crippen LogP contribution < -0.4 is 10.6 Å². The highest BCUT2D eigenvalue weighted by Crippen LogP contribution is 2.24. The fraction of sp³-hybridized carbons (Fsp3) is 0.579. The molecule has 2 rings (SSSR count). The Morgan fingerprint density at radius 3 is 2.77 bits per heavy atom. The van der Waals surface area contributed by atoms with Gasteiger partial charge in [0, 0.05) is 49.6 Å². The van der Waals surface area contributed by atoms with Crippen LogP contribution in [0.4, 0.5) is 0 Å². The van der Waals surface area contributed by atoms with E-state index in [9.17, 15) is 4.79 Å². The standard InChI is InChI=1S/C19H29ClN4O.HI/c1-5-17(25)24-10-9-16(12-24)23-18(21-4)22-13-19(2,3)14-7-6-8-15(20)11-14;/h6-8,11,16H,5,9-10,12-13H2,1-4H3,(H2,21,22,23);1H. The average Bonchev–Trinajstić information content (AvgIpc) is 3.06. The molecule has 0 aliphatic carbocycles.